The van der Waals surface area contributed by atoms with Gasteiger partial charge in [0.05, 0.1) is 18.5 Å². The van der Waals surface area contributed by atoms with Crippen molar-refractivity contribution in [3.05, 3.63) is 58.1 Å². The van der Waals surface area contributed by atoms with Gasteiger partial charge in [-0.1, -0.05) is 36.4 Å². The van der Waals surface area contributed by atoms with Crippen molar-refractivity contribution in [2.24, 2.45) is 5.92 Å². The minimum absolute atomic E-state index is 0.106. The molecule has 0 radical (unpaired) electrons. The van der Waals surface area contributed by atoms with Crippen LogP contribution in [-0.2, 0) is 29.0 Å². The van der Waals surface area contributed by atoms with Crippen LogP contribution in [0.5, 0.6) is 0 Å². The van der Waals surface area contributed by atoms with Gasteiger partial charge in [-0.15, -0.1) is 5.10 Å². The van der Waals surface area contributed by atoms with Crippen molar-refractivity contribution in [1.82, 2.24) is 20.3 Å². The second kappa shape index (κ2) is 7.95. The Morgan fingerprint density at radius 3 is 2.86 bits per heavy atom. The summed E-state index contributed by atoms with van der Waals surface area (Å²) in [6.07, 6.45) is 1.04. The normalized spacial score (nSPS) is 15.7. The quantitative estimate of drug-likeness (QED) is 0.675. The molecule has 1 aromatic heterocycles. The first-order valence-electron chi connectivity index (χ1n) is 10.3. The molecule has 0 unspecified atom stereocenters. The van der Waals surface area contributed by atoms with Gasteiger partial charge in [0.15, 0.2) is 0 Å². The zero-order chi connectivity index (χ0) is 20.5. The third-order valence-electron chi connectivity index (χ3n) is 6.17. The van der Waals surface area contributed by atoms with E-state index in [1.54, 1.807) is 0 Å². The number of carbonyl (C=O) groups is 1. The lowest BCUT2D eigenvalue weighted by atomic mass is 9.78. The Morgan fingerprint density at radius 2 is 2.10 bits per heavy atom. The summed E-state index contributed by atoms with van der Waals surface area (Å²) in [5.41, 5.74) is 7.91. The second-order valence-corrected chi connectivity index (χ2v) is 7.80. The van der Waals surface area contributed by atoms with Crippen molar-refractivity contribution >= 4 is 17.0 Å². The fraction of sp³-hybridized carbons (Fsp3) is 0.435. The highest BCUT2D eigenvalue weighted by Gasteiger charge is 2.30. The molecule has 0 fully saturated rings. The number of esters is 1. The molecule has 0 saturated heterocycles. The van der Waals surface area contributed by atoms with Crippen LogP contribution in [-0.4, -0.2) is 34.6 Å². The number of hydrogen-bond acceptors (Lipinski definition) is 5. The highest BCUT2D eigenvalue weighted by atomic mass is 16.5. The van der Waals surface area contributed by atoms with E-state index in [2.05, 4.69) is 59.8 Å². The number of nitrogens with one attached hydrogen (secondary N) is 1. The zero-order valence-corrected chi connectivity index (χ0v) is 17.5. The summed E-state index contributed by atoms with van der Waals surface area (Å²) in [5, 5.41) is 12.1. The highest BCUT2D eigenvalue weighted by molar-refractivity contribution is 5.81. The van der Waals surface area contributed by atoms with Crippen molar-refractivity contribution in [2.75, 3.05) is 13.7 Å². The maximum Gasteiger partial charge on any atom is 0.309 e. The molecule has 29 heavy (non-hydrogen) atoms. The van der Waals surface area contributed by atoms with Gasteiger partial charge in [0.2, 0.25) is 0 Å². The Morgan fingerprint density at radius 1 is 1.28 bits per heavy atom. The summed E-state index contributed by atoms with van der Waals surface area (Å²) in [7, 11) is 1.45. The number of aryl methyl sites for hydroxylation is 2. The molecular formula is C23H28N4O2. The predicted molar refractivity (Wildman–Crippen MR) is 113 cm³/mol. The molecule has 2 heterocycles. The van der Waals surface area contributed by atoms with Gasteiger partial charge in [0, 0.05) is 19.0 Å². The van der Waals surface area contributed by atoms with E-state index in [0.29, 0.717) is 0 Å². The molecule has 0 amide bonds. The number of nitrogens with zero attached hydrogens (tertiary/aromatic N) is 3. The standard InChI is InChI=1S/C23H28N4O2/c1-5-27-20-9-8-19(14(2)22(20)25-26-27)21(15(3)23(28)29-4)17-7-6-16-10-11-24-13-18(16)12-17/h6-9,12,15,21,24H,5,10-11,13H2,1-4H3/t15-,21-/m0/s1. The maximum atomic E-state index is 12.5. The summed E-state index contributed by atoms with van der Waals surface area (Å²) >= 11 is 0. The molecule has 6 heteroatoms. The molecule has 6 nitrogen and oxygen atoms in total. The largest absolute Gasteiger partial charge is 0.469 e. The molecular weight excluding hydrogens is 364 g/mol. The summed E-state index contributed by atoms with van der Waals surface area (Å²) < 4.78 is 7.01. The smallest absolute Gasteiger partial charge is 0.309 e. The average molecular weight is 393 g/mol. The third kappa shape index (κ3) is 3.42. The van der Waals surface area contributed by atoms with E-state index in [9.17, 15) is 4.79 Å². The molecule has 2 aromatic carbocycles. The van der Waals surface area contributed by atoms with E-state index in [1.165, 1.54) is 18.2 Å². The highest BCUT2D eigenvalue weighted by Crippen LogP contribution is 2.37. The van der Waals surface area contributed by atoms with Gasteiger partial charge >= 0.3 is 5.97 Å². The lowest BCUT2D eigenvalue weighted by Crippen LogP contribution is -2.25. The van der Waals surface area contributed by atoms with Crippen molar-refractivity contribution in [3.63, 3.8) is 0 Å². The molecule has 0 aliphatic carbocycles. The van der Waals surface area contributed by atoms with E-state index in [-0.39, 0.29) is 17.8 Å². The van der Waals surface area contributed by atoms with Gasteiger partial charge in [-0.2, -0.15) is 0 Å². The Kier molecular flexibility index (Phi) is 5.37. The van der Waals surface area contributed by atoms with Gasteiger partial charge in [0.25, 0.3) is 0 Å². The molecule has 3 aromatic rings. The van der Waals surface area contributed by atoms with Gasteiger partial charge < -0.3 is 10.1 Å². The Balaban J connectivity index is 1.86. The van der Waals surface area contributed by atoms with Crippen molar-refractivity contribution in [3.8, 4) is 0 Å². The fourth-order valence-corrected chi connectivity index (χ4v) is 4.51. The molecule has 2 atom stereocenters. The summed E-state index contributed by atoms with van der Waals surface area (Å²) in [6, 6.07) is 10.8. The number of fused-ring (bicyclic) bond motifs is 2. The van der Waals surface area contributed by atoms with E-state index in [4.69, 9.17) is 4.74 Å². The van der Waals surface area contributed by atoms with E-state index < -0.39 is 0 Å². The zero-order valence-electron chi connectivity index (χ0n) is 17.5. The first kappa shape index (κ1) is 19.6. The Hall–Kier alpha value is -2.73. The van der Waals surface area contributed by atoms with Gasteiger partial charge in [-0.05, 0) is 60.7 Å². The summed E-state index contributed by atoms with van der Waals surface area (Å²) in [5.74, 6) is -0.625. The van der Waals surface area contributed by atoms with Crippen LogP contribution in [0.4, 0.5) is 0 Å². The molecule has 1 N–H and O–H groups in total. The molecule has 1 aliphatic heterocycles. The molecule has 0 bridgehead atoms. The van der Waals surface area contributed by atoms with E-state index in [1.807, 2.05) is 11.6 Å². The Bertz CT molecular complexity index is 1060. The molecule has 0 spiro atoms. The first-order valence-corrected chi connectivity index (χ1v) is 10.3. The van der Waals surface area contributed by atoms with Crippen molar-refractivity contribution in [2.45, 2.75) is 46.2 Å². The minimum atomic E-state index is -0.313. The number of aromatic nitrogens is 3. The molecule has 4 rings (SSSR count). The van der Waals surface area contributed by atoms with Crippen molar-refractivity contribution < 1.29 is 9.53 Å². The summed E-state index contributed by atoms with van der Waals surface area (Å²) in [4.78, 5) is 12.5. The van der Waals surface area contributed by atoms with Crippen LogP contribution in [0.25, 0.3) is 11.0 Å². The predicted octanol–water partition coefficient (Wildman–Crippen LogP) is 3.35. The van der Waals surface area contributed by atoms with E-state index in [0.717, 1.165) is 53.8 Å². The molecule has 1 aliphatic rings. The van der Waals surface area contributed by atoms with Crippen LogP contribution >= 0.6 is 0 Å². The monoisotopic (exact) mass is 392 g/mol. The summed E-state index contributed by atoms with van der Waals surface area (Å²) in [6.45, 7) is 8.72. The van der Waals surface area contributed by atoms with Crippen LogP contribution in [0.2, 0.25) is 0 Å². The first-order chi connectivity index (χ1) is 14.0. The average Bonchev–Trinajstić information content (AvgIpc) is 3.18. The van der Waals surface area contributed by atoms with Crippen LogP contribution in [0.3, 0.4) is 0 Å². The Labute approximate surface area is 171 Å². The molecule has 0 saturated carbocycles. The number of rotatable bonds is 5. The van der Waals surface area contributed by atoms with Crippen molar-refractivity contribution in [1.29, 1.82) is 0 Å². The third-order valence-corrected chi connectivity index (χ3v) is 6.17. The lowest BCUT2D eigenvalue weighted by Gasteiger charge is -2.27. The fourth-order valence-electron chi connectivity index (χ4n) is 4.51. The topological polar surface area (TPSA) is 69.0 Å². The number of methoxy groups -OCH3 is 1. The number of carbonyl (C=O) groups excluding carboxylic acids is 1. The SMILES string of the molecule is CCn1nnc2c(C)c([C@H](c3ccc4c(c3)CNCC4)[C@H](C)C(=O)OC)ccc21. The van der Waals surface area contributed by atoms with Gasteiger partial charge in [-0.3, -0.25) is 4.79 Å². The van der Waals surface area contributed by atoms with Crippen LogP contribution in [0.1, 0.15) is 47.6 Å². The second-order valence-electron chi connectivity index (χ2n) is 7.80. The number of hydrogen-bond donors (Lipinski definition) is 1. The molecule has 152 valence electrons. The van der Waals surface area contributed by atoms with Crippen LogP contribution in [0.15, 0.2) is 30.3 Å². The van der Waals surface area contributed by atoms with Gasteiger partial charge in [-0.25, -0.2) is 4.68 Å². The maximum absolute atomic E-state index is 12.5. The minimum Gasteiger partial charge on any atom is -0.469 e. The number of ether oxygens (including phenoxy) is 1. The lowest BCUT2D eigenvalue weighted by molar-refractivity contribution is -0.145. The van der Waals surface area contributed by atoms with E-state index >= 15 is 0 Å². The van der Waals surface area contributed by atoms with Crippen LogP contribution < -0.4 is 5.32 Å². The number of benzene rings is 2. The van der Waals surface area contributed by atoms with Gasteiger partial charge in [0.1, 0.15) is 5.52 Å². The van der Waals surface area contributed by atoms with Crippen LogP contribution in [0, 0.1) is 12.8 Å².